The molecule has 1 amide bonds. The van der Waals surface area contributed by atoms with Gasteiger partial charge in [-0.2, -0.15) is 0 Å². The molecule has 0 bridgehead atoms. The minimum atomic E-state index is -0.148. The summed E-state index contributed by atoms with van der Waals surface area (Å²) in [7, 11) is 0. The van der Waals surface area contributed by atoms with Gasteiger partial charge in [0.1, 0.15) is 5.75 Å². The lowest BCUT2D eigenvalue weighted by Crippen LogP contribution is -2.42. The maximum atomic E-state index is 12.1. The largest absolute Gasteiger partial charge is 0.484 e. The van der Waals surface area contributed by atoms with Crippen molar-refractivity contribution in [1.82, 2.24) is 4.90 Å². The van der Waals surface area contributed by atoms with Crippen LogP contribution in [0.3, 0.4) is 0 Å². The van der Waals surface area contributed by atoms with Gasteiger partial charge in [0.15, 0.2) is 6.61 Å². The highest BCUT2D eigenvalue weighted by molar-refractivity contribution is 14.1. The molecule has 5 nitrogen and oxygen atoms in total. The number of piperidine rings is 1. The Morgan fingerprint density at radius 3 is 2.68 bits per heavy atom. The molecule has 0 unspecified atom stereocenters. The molecule has 1 aliphatic rings. The van der Waals surface area contributed by atoms with Crippen LogP contribution < -0.4 is 4.74 Å². The number of carbonyl (C=O) groups excluding carboxylic acids is 2. The summed E-state index contributed by atoms with van der Waals surface area (Å²) in [5, 5.41) is 0. The molecule has 0 spiro atoms. The predicted octanol–water partition coefficient (Wildman–Crippen LogP) is 2.47. The zero-order valence-electron chi connectivity index (χ0n) is 12.6. The summed E-state index contributed by atoms with van der Waals surface area (Å²) in [5.74, 6) is 0.424. The van der Waals surface area contributed by atoms with Crippen LogP contribution in [0.4, 0.5) is 0 Å². The number of esters is 1. The second-order valence-electron chi connectivity index (χ2n) is 5.15. The highest BCUT2D eigenvalue weighted by Gasteiger charge is 2.28. The second-order valence-corrected chi connectivity index (χ2v) is 6.40. The molecule has 1 saturated heterocycles. The Balaban J connectivity index is 1.76. The first kappa shape index (κ1) is 17.1. The van der Waals surface area contributed by atoms with E-state index in [1.165, 1.54) is 0 Å². The van der Waals surface area contributed by atoms with Gasteiger partial charge < -0.3 is 14.4 Å². The molecule has 0 atom stereocenters. The van der Waals surface area contributed by atoms with Crippen molar-refractivity contribution in [2.45, 2.75) is 19.8 Å². The van der Waals surface area contributed by atoms with Gasteiger partial charge in [-0.15, -0.1) is 0 Å². The number of nitrogens with zero attached hydrogens (tertiary/aromatic N) is 1. The molecule has 1 aromatic rings. The smallest absolute Gasteiger partial charge is 0.309 e. The first-order valence-corrected chi connectivity index (χ1v) is 8.50. The number of ether oxygens (including phenoxy) is 2. The van der Waals surface area contributed by atoms with Crippen LogP contribution in [0.5, 0.6) is 5.75 Å². The zero-order chi connectivity index (χ0) is 15.9. The SMILES string of the molecule is CCOC(=O)C1CCN(C(=O)COc2cccc(I)c2)CC1. The summed E-state index contributed by atoms with van der Waals surface area (Å²) in [6.07, 6.45) is 1.32. The molecule has 1 fully saturated rings. The molecule has 0 aliphatic carbocycles. The van der Waals surface area contributed by atoms with Crippen molar-refractivity contribution >= 4 is 34.5 Å². The molecule has 2 rings (SSSR count). The molecule has 0 radical (unpaired) electrons. The molecule has 1 heterocycles. The number of likely N-dealkylation sites (tertiary alicyclic amines) is 1. The zero-order valence-corrected chi connectivity index (χ0v) is 14.7. The van der Waals surface area contributed by atoms with Crippen LogP contribution in [0.15, 0.2) is 24.3 Å². The van der Waals surface area contributed by atoms with Crippen LogP contribution in [0.25, 0.3) is 0 Å². The number of amides is 1. The van der Waals surface area contributed by atoms with Crippen molar-refractivity contribution in [2.24, 2.45) is 5.92 Å². The van der Waals surface area contributed by atoms with E-state index in [1.807, 2.05) is 24.3 Å². The number of benzene rings is 1. The molecular formula is C16H20INO4. The third-order valence-electron chi connectivity index (χ3n) is 3.63. The standard InChI is InChI=1S/C16H20INO4/c1-2-21-16(20)12-6-8-18(9-7-12)15(19)11-22-14-5-3-4-13(17)10-14/h3-5,10,12H,2,6-9,11H2,1H3. The van der Waals surface area contributed by atoms with Crippen molar-refractivity contribution in [2.75, 3.05) is 26.3 Å². The summed E-state index contributed by atoms with van der Waals surface area (Å²) >= 11 is 2.20. The third-order valence-corrected chi connectivity index (χ3v) is 4.30. The summed E-state index contributed by atoms with van der Waals surface area (Å²) < 4.78 is 11.6. The van der Waals surface area contributed by atoms with Crippen LogP contribution in [-0.2, 0) is 14.3 Å². The highest BCUT2D eigenvalue weighted by Crippen LogP contribution is 2.19. The quantitative estimate of drug-likeness (QED) is 0.546. The van der Waals surface area contributed by atoms with E-state index < -0.39 is 0 Å². The maximum Gasteiger partial charge on any atom is 0.309 e. The Kier molecular flexibility index (Phi) is 6.48. The number of carbonyl (C=O) groups is 2. The van der Waals surface area contributed by atoms with Gasteiger partial charge in [-0.1, -0.05) is 6.07 Å². The van der Waals surface area contributed by atoms with Crippen molar-refractivity contribution in [3.05, 3.63) is 27.8 Å². The summed E-state index contributed by atoms with van der Waals surface area (Å²) in [6, 6.07) is 7.59. The first-order valence-electron chi connectivity index (χ1n) is 7.43. The van der Waals surface area contributed by atoms with Gasteiger partial charge in [0.2, 0.25) is 0 Å². The van der Waals surface area contributed by atoms with Gasteiger partial charge in [-0.3, -0.25) is 9.59 Å². The Bertz CT molecular complexity index is 527. The monoisotopic (exact) mass is 417 g/mol. The lowest BCUT2D eigenvalue weighted by Gasteiger charge is -2.30. The van der Waals surface area contributed by atoms with Crippen molar-refractivity contribution in [3.63, 3.8) is 0 Å². The van der Waals surface area contributed by atoms with Gasteiger partial charge >= 0.3 is 5.97 Å². The van der Waals surface area contributed by atoms with E-state index in [9.17, 15) is 9.59 Å². The predicted molar refractivity (Wildman–Crippen MR) is 90.6 cm³/mol. The molecule has 22 heavy (non-hydrogen) atoms. The van der Waals surface area contributed by atoms with Crippen LogP contribution in [-0.4, -0.2) is 43.1 Å². The molecule has 0 N–H and O–H groups in total. The lowest BCUT2D eigenvalue weighted by atomic mass is 9.97. The van der Waals surface area contributed by atoms with Crippen LogP contribution in [0.2, 0.25) is 0 Å². The Hall–Kier alpha value is -1.31. The summed E-state index contributed by atoms with van der Waals surface area (Å²) in [4.78, 5) is 25.6. The molecule has 1 aliphatic heterocycles. The average molecular weight is 417 g/mol. The molecule has 1 aromatic carbocycles. The van der Waals surface area contributed by atoms with Gasteiger partial charge in [0.25, 0.3) is 5.91 Å². The first-order chi connectivity index (χ1) is 10.6. The Labute approximate surface area is 144 Å². The fourth-order valence-electron chi connectivity index (χ4n) is 2.42. The van der Waals surface area contributed by atoms with Crippen molar-refractivity contribution in [1.29, 1.82) is 0 Å². The van der Waals surface area contributed by atoms with Gasteiger partial charge in [0.05, 0.1) is 12.5 Å². The third kappa shape index (κ3) is 4.86. The number of rotatable bonds is 5. The van der Waals surface area contributed by atoms with E-state index in [4.69, 9.17) is 9.47 Å². The number of hydrogen-bond donors (Lipinski definition) is 0. The van der Waals surface area contributed by atoms with E-state index in [2.05, 4.69) is 22.6 Å². The Morgan fingerprint density at radius 1 is 1.32 bits per heavy atom. The molecule has 0 saturated carbocycles. The Morgan fingerprint density at radius 2 is 2.05 bits per heavy atom. The molecule has 0 aromatic heterocycles. The number of hydrogen-bond acceptors (Lipinski definition) is 4. The van der Waals surface area contributed by atoms with Gasteiger partial charge in [0, 0.05) is 16.7 Å². The minimum Gasteiger partial charge on any atom is -0.484 e. The molecular weight excluding hydrogens is 397 g/mol. The summed E-state index contributed by atoms with van der Waals surface area (Å²) in [6.45, 7) is 3.40. The summed E-state index contributed by atoms with van der Waals surface area (Å²) in [5.41, 5.74) is 0. The fourth-order valence-corrected chi connectivity index (χ4v) is 2.93. The van der Waals surface area contributed by atoms with Crippen molar-refractivity contribution in [3.8, 4) is 5.75 Å². The minimum absolute atomic E-state index is 0.0319. The van der Waals surface area contributed by atoms with E-state index >= 15 is 0 Å². The second kappa shape index (κ2) is 8.36. The van der Waals surface area contributed by atoms with Gasteiger partial charge in [-0.05, 0) is 60.6 Å². The van der Waals surface area contributed by atoms with Crippen LogP contribution >= 0.6 is 22.6 Å². The molecule has 6 heteroatoms. The lowest BCUT2D eigenvalue weighted by molar-refractivity contribution is -0.151. The molecule has 120 valence electrons. The van der Waals surface area contributed by atoms with E-state index in [0.29, 0.717) is 38.3 Å². The number of halogens is 1. The normalized spacial score (nSPS) is 15.5. The average Bonchev–Trinajstić information content (AvgIpc) is 2.53. The fraction of sp³-hybridized carbons (Fsp3) is 0.500. The van der Waals surface area contributed by atoms with Gasteiger partial charge in [-0.25, -0.2) is 0 Å². The van der Waals surface area contributed by atoms with Crippen LogP contribution in [0.1, 0.15) is 19.8 Å². The topological polar surface area (TPSA) is 55.8 Å². The van der Waals surface area contributed by atoms with E-state index in [1.54, 1.807) is 11.8 Å². The highest BCUT2D eigenvalue weighted by atomic mass is 127. The van der Waals surface area contributed by atoms with Crippen LogP contribution in [0, 0.1) is 9.49 Å². The maximum absolute atomic E-state index is 12.1. The van der Waals surface area contributed by atoms with E-state index in [0.717, 1.165) is 3.57 Å². The van der Waals surface area contributed by atoms with E-state index in [-0.39, 0.29) is 24.4 Å². The van der Waals surface area contributed by atoms with Crippen molar-refractivity contribution < 1.29 is 19.1 Å².